The molecule has 3 rings (SSSR count). The van der Waals surface area contributed by atoms with Crippen LogP contribution in [0.25, 0.3) is 0 Å². The molecule has 1 aliphatic heterocycles. The Morgan fingerprint density at radius 3 is 2.48 bits per heavy atom. The van der Waals surface area contributed by atoms with E-state index in [1.807, 2.05) is 42.5 Å². The molecule has 1 fully saturated rings. The van der Waals surface area contributed by atoms with E-state index >= 15 is 0 Å². The van der Waals surface area contributed by atoms with E-state index in [2.05, 4.69) is 32.8 Å². The fourth-order valence-corrected chi connectivity index (χ4v) is 3.36. The first-order valence-corrected chi connectivity index (χ1v) is 9.33. The highest BCUT2D eigenvalue weighted by Gasteiger charge is 2.23. The second-order valence-corrected chi connectivity index (χ2v) is 7.33. The minimum Gasteiger partial charge on any atom is -0.453 e. The summed E-state index contributed by atoms with van der Waals surface area (Å²) in [5, 5.41) is 0. The van der Waals surface area contributed by atoms with Gasteiger partial charge in [-0.15, -0.1) is 0 Å². The molecule has 0 aromatic heterocycles. The lowest BCUT2D eigenvalue weighted by atomic mass is 10.1. The molecule has 2 aromatic rings. The summed E-state index contributed by atoms with van der Waals surface area (Å²) in [6.45, 7) is 4.79. The van der Waals surface area contributed by atoms with Crippen LogP contribution in [0.4, 0.5) is 0 Å². The molecular formula is C20H23BrN2O2. The molecule has 0 amide bonds. The van der Waals surface area contributed by atoms with Crippen molar-refractivity contribution in [2.24, 2.45) is 0 Å². The summed E-state index contributed by atoms with van der Waals surface area (Å²) in [7, 11) is 2.14. The third-order valence-electron chi connectivity index (χ3n) is 4.50. The number of ether oxygens (including phenoxy) is 1. The number of carbonyl (C=O) groups excluding carboxylic acids is 1. The Labute approximate surface area is 157 Å². The Hall–Kier alpha value is -1.69. The summed E-state index contributed by atoms with van der Waals surface area (Å²) < 4.78 is 6.76. The zero-order valence-electron chi connectivity index (χ0n) is 14.4. The third-order valence-corrected chi connectivity index (χ3v) is 4.99. The van der Waals surface area contributed by atoms with Gasteiger partial charge in [-0.05, 0) is 30.8 Å². The number of hydrogen-bond acceptors (Lipinski definition) is 4. The van der Waals surface area contributed by atoms with Crippen LogP contribution >= 0.6 is 15.9 Å². The number of likely N-dealkylation sites (N-methyl/N-ethyl adjacent to an activating group) is 1. The number of benzene rings is 2. The maximum atomic E-state index is 12.6. The van der Waals surface area contributed by atoms with Crippen molar-refractivity contribution in [3.63, 3.8) is 0 Å². The Balaban J connectivity index is 1.73. The average Bonchev–Trinajstić information content (AvgIpc) is 2.63. The van der Waals surface area contributed by atoms with E-state index in [9.17, 15) is 4.79 Å². The van der Waals surface area contributed by atoms with Gasteiger partial charge in [-0.25, -0.2) is 4.79 Å². The second-order valence-electron chi connectivity index (χ2n) is 6.42. The standard InChI is InChI=1S/C20H23BrN2O2/c1-22-10-12-23(13-11-22)15-19(16-6-3-2-4-7-16)25-20(24)17-8-5-9-18(21)14-17/h2-9,14,19H,10-13,15H2,1H3. The number of nitrogens with zero attached hydrogens (tertiary/aromatic N) is 2. The normalized spacial score (nSPS) is 17.2. The predicted molar refractivity (Wildman–Crippen MR) is 103 cm³/mol. The van der Waals surface area contributed by atoms with Gasteiger partial charge >= 0.3 is 5.97 Å². The van der Waals surface area contributed by atoms with E-state index < -0.39 is 0 Å². The van der Waals surface area contributed by atoms with Gasteiger partial charge in [0.05, 0.1) is 5.56 Å². The number of esters is 1. The first-order valence-electron chi connectivity index (χ1n) is 8.54. The topological polar surface area (TPSA) is 32.8 Å². The summed E-state index contributed by atoms with van der Waals surface area (Å²) >= 11 is 3.41. The number of piperazine rings is 1. The van der Waals surface area contributed by atoms with Gasteiger partial charge in [-0.1, -0.05) is 52.3 Å². The van der Waals surface area contributed by atoms with Gasteiger partial charge in [-0.2, -0.15) is 0 Å². The van der Waals surface area contributed by atoms with E-state index in [4.69, 9.17) is 4.74 Å². The van der Waals surface area contributed by atoms with E-state index in [1.54, 1.807) is 12.1 Å². The van der Waals surface area contributed by atoms with Crippen molar-refractivity contribution < 1.29 is 9.53 Å². The molecule has 0 bridgehead atoms. The molecule has 1 atom stereocenters. The first kappa shape index (κ1) is 18.1. The Kier molecular flexibility index (Phi) is 6.24. The summed E-state index contributed by atoms with van der Waals surface area (Å²) in [5.41, 5.74) is 1.60. The van der Waals surface area contributed by atoms with Crippen molar-refractivity contribution in [1.29, 1.82) is 0 Å². The van der Waals surface area contributed by atoms with Crippen molar-refractivity contribution >= 4 is 21.9 Å². The van der Waals surface area contributed by atoms with Crippen LogP contribution in [0.3, 0.4) is 0 Å². The van der Waals surface area contributed by atoms with Crippen LogP contribution in [-0.4, -0.2) is 55.5 Å². The Morgan fingerprint density at radius 2 is 1.80 bits per heavy atom. The molecule has 2 aromatic carbocycles. The van der Waals surface area contributed by atoms with Gasteiger partial charge in [0.1, 0.15) is 6.10 Å². The molecular weight excluding hydrogens is 380 g/mol. The highest BCUT2D eigenvalue weighted by atomic mass is 79.9. The minimum atomic E-state index is -0.288. The molecule has 1 saturated heterocycles. The predicted octanol–water partition coefficient (Wildman–Crippen LogP) is 3.59. The fraction of sp³-hybridized carbons (Fsp3) is 0.350. The molecule has 5 heteroatoms. The minimum absolute atomic E-state index is 0.268. The van der Waals surface area contributed by atoms with Crippen LogP contribution in [0.1, 0.15) is 22.0 Å². The van der Waals surface area contributed by atoms with Crippen LogP contribution in [0, 0.1) is 0 Å². The molecule has 0 spiro atoms. The molecule has 4 nitrogen and oxygen atoms in total. The van der Waals surface area contributed by atoms with Crippen molar-refractivity contribution in [2.75, 3.05) is 39.8 Å². The maximum absolute atomic E-state index is 12.6. The molecule has 1 heterocycles. The van der Waals surface area contributed by atoms with Crippen LogP contribution in [0.15, 0.2) is 59.1 Å². The molecule has 132 valence electrons. The summed E-state index contributed by atoms with van der Waals surface area (Å²) in [6.07, 6.45) is -0.268. The fourth-order valence-electron chi connectivity index (χ4n) is 2.96. The largest absolute Gasteiger partial charge is 0.453 e. The van der Waals surface area contributed by atoms with Crippen LogP contribution in [-0.2, 0) is 4.74 Å². The zero-order valence-corrected chi connectivity index (χ0v) is 16.0. The lowest BCUT2D eigenvalue weighted by Gasteiger charge is -2.34. The van der Waals surface area contributed by atoms with Gasteiger partial charge < -0.3 is 9.64 Å². The Morgan fingerprint density at radius 1 is 1.08 bits per heavy atom. The molecule has 0 radical (unpaired) electrons. The van der Waals surface area contributed by atoms with Gasteiger partial charge in [0.15, 0.2) is 0 Å². The first-order chi connectivity index (χ1) is 12.1. The van der Waals surface area contributed by atoms with Crippen molar-refractivity contribution in [3.8, 4) is 0 Å². The number of halogens is 1. The lowest BCUT2D eigenvalue weighted by Crippen LogP contribution is -2.46. The third kappa shape index (κ3) is 5.14. The molecule has 0 aliphatic carbocycles. The maximum Gasteiger partial charge on any atom is 0.338 e. The number of carbonyl (C=O) groups is 1. The highest BCUT2D eigenvalue weighted by molar-refractivity contribution is 9.10. The van der Waals surface area contributed by atoms with E-state index in [1.165, 1.54) is 0 Å². The summed E-state index contributed by atoms with van der Waals surface area (Å²) in [4.78, 5) is 17.3. The smallest absolute Gasteiger partial charge is 0.338 e. The van der Waals surface area contributed by atoms with Crippen molar-refractivity contribution in [3.05, 3.63) is 70.2 Å². The second kappa shape index (κ2) is 8.61. The number of rotatable bonds is 5. The summed E-state index contributed by atoms with van der Waals surface area (Å²) in [5.74, 6) is -0.288. The average molecular weight is 403 g/mol. The Bertz CT molecular complexity index is 700. The van der Waals surface area contributed by atoms with E-state index in [0.717, 1.165) is 42.8 Å². The van der Waals surface area contributed by atoms with Crippen molar-refractivity contribution in [2.45, 2.75) is 6.10 Å². The van der Waals surface area contributed by atoms with Gasteiger partial charge in [0, 0.05) is 37.2 Å². The van der Waals surface area contributed by atoms with Crippen molar-refractivity contribution in [1.82, 2.24) is 9.80 Å². The molecule has 1 aliphatic rings. The monoisotopic (exact) mass is 402 g/mol. The van der Waals surface area contributed by atoms with E-state index in [-0.39, 0.29) is 12.1 Å². The molecule has 0 N–H and O–H groups in total. The SMILES string of the molecule is CN1CCN(CC(OC(=O)c2cccc(Br)c2)c2ccccc2)CC1. The molecule has 25 heavy (non-hydrogen) atoms. The van der Waals surface area contributed by atoms with E-state index in [0.29, 0.717) is 5.56 Å². The quantitative estimate of drug-likeness (QED) is 0.715. The lowest BCUT2D eigenvalue weighted by molar-refractivity contribution is 0.0147. The molecule has 1 unspecified atom stereocenters. The van der Waals surface area contributed by atoms with Crippen LogP contribution in [0.5, 0.6) is 0 Å². The van der Waals surface area contributed by atoms with Crippen LogP contribution in [0.2, 0.25) is 0 Å². The number of hydrogen-bond donors (Lipinski definition) is 0. The molecule has 0 saturated carbocycles. The van der Waals surface area contributed by atoms with Gasteiger partial charge in [0.25, 0.3) is 0 Å². The van der Waals surface area contributed by atoms with Gasteiger partial charge in [0.2, 0.25) is 0 Å². The highest BCUT2D eigenvalue weighted by Crippen LogP contribution is 2.22. The van der Waals surface area contributed by atoms with Gasteiger partial charge in [-0.3, -0.25) is 4.90 Å². The zero-order chi connectivity index (χ0) is 17.6. The summed E-state index contributed by atoms with van der Waals surface area (Å²) in [6, 6.07) is 17.3. The van der Waals surface area contributed by atoms with Crippen LogP contribution < -0.4 is 0 Å².